The Hall–Kier alpha value is -1.83. The lowest BCUT2D eigenvalue weighted by atomic mass is 10.1. The maximum absolute atomic E-state index is 12.3. The van der Waals surface area contributed by atoms with Gasteiger partial charge in [0.25, 0.3) is 0 Å². The van der Waals surface area contributed by atoms with E-state index in [0.717, 1.165) is 30.4 Å². The lowest BCUT2D eigenvalue weighted by Gasteiger charge is -2.35. The molecule has 0 saturated carbocycles. The molecular formula is C17H29N5O2S. The fourth-order valence-corrected chi connectivity index (χ4v) is 3.34. The first-order valence-electron chi connectivity index (χ1n) is 8.63. The number of aliphatic imine (C=N–C) groups is 1. The highest BCUT2D eigenvalue weighted by Crippen LogP contribution is 2.15. The van der Waals surface area contributed by atoms with Crippen LogP contribution in [-0.4, -0.2) is 53.7 Å². The van der Waals surface area contributed by atoms with Gasteiger partial charge in [-0.05, 0) is 40.5 Å². The maximum Gasteiger partial charge on any atom is 0.410 e. The fourth-order valence-electron chi connectivity index (χ4n) is 2.62. The maximum atomic E-state index is 12.3. The summed E-state index contributed by atoms with van der Waals surface area (Å²) in [7, 11) is 1.75. The van der Waals surface area contributed by atoms with Crippen molar-refractivity contribution in [2.75, 3.05) is 20.1 Å². The van der Waals surface area contributed by atoms with E-state index < -0.39 is 5.60 Å². The molecule has 1 aromatic heterocycles. The Morgan fingerprint density at radius 1 is 1.52 bits per heavy atom. The zero-order valence-corrected chi connectivity index (χ0v) is 16.6. The van der Waals surface area contributed by atoms with Gasteiger partial charge >= 0.3 is 6.09 Å². The lowest BCUT2D eigenvalue weighted by molar-refractivity contribution is 0.0193. The van der Waals surface area contributed by atoms with Crippen molar-refractivity contribution in [3.05, 3.63) is 16.1 Å². The van der Waals surface area contributed by atoms with Crippen LogP contribution >= 0.6 is 11.3 Å². The summed E-state index contributed by atoms with van der Waals surface area (Å²) in [5.74, 6) is 0.726. The van der Waals surface area contributed by atoms with Gasteiger partial charge in [0.15, 0.2) is 5.96 Å². The average Bonchev–Trinajstić information content (AvgIpc) is 2.95. The van der Waals surface area contributed by atoms with Gasteiger partial charge in [-0.15, -0.1) is 11.3 Å². The number of nitrogens with zero attached hydrogens (tertiary/aromatic N) is 3. The Bertz CT molecular complexity index is 608. The van der Waals surface area contributed by atoms with E-state index >= 15 is 0 Å². The van der Waals surface area contributed by atoms with Crippen LogP contribution in [0.2, 0.25) is 0 Å². The molecule has 1 aromatic rings. The van der Waals surface area contributed by atoms with Gasteiger partial charge in [0.1, 0.15) is 10.6 Å². The molecule has 1 atom stereocenters. The summed E-state index contributed by atoms with van der Waals surface area (Å²) in [5, 5.41) is 7.70. The molecule has 7 nitrogen and oxygen atoms in total. The highest BCUT2D eigenvalue weighted by Gasteiger charge is 2.28. The number of ether oxygens (including phenoxy) is 1. The summed E-state index contributed by atoms with van der Waals surface area (Å²) in [4.78, 5) is 23.8. The zero-order chi connectivity index (χ0) is 18.4. The van der Waals surface area contributed by atoms with Crippen molar-refractivity contribution in [3.63, 3.8) is 0 Å². The Kier molecular flexibility index (Phi) is 6.64. The molecule has 0 bridgehead atoms. The predicted octanol–water partition coefficient (Wildman–Crippen LogP) is 2.52. The highest BCUT2D eigenvalue weighted by molar-refractivity contribution is 7.11. The molecule has 25 heavy (non-hydrogen) atoms. The Morgan fingerprint density at radius 3 is 2.88 bits per heavy atom. The second-order valence-electron chi connectivity index (χ2n) is 7.20. The van der Waals surface area contributed by atoms with E-state index in [-0.39, 0.29) is 12.1 Å². The van der Waals surface area contributed by atoms with E-state index in [0.29, 0.717) is 13.1 Å². The number of hydrogen-bond acceptors (Lipinski definition) is 5. The SMILES string of the molecule is CN=C(NCc1ncc(C)s1)NC1CCCN(C(=O)OC(C)(C)C)C1. The van der Waals surface area contributed by atoms with E-state index in [2.05, 4.69) is 20.6 Å². The molecule has 0 aliphatic carbocycles. The normalized spacial score (nSPS) is 18.8. The first kappa shape index (κ1) is 19.5. The van der Waals surface area contributed by atoms with Crippen LogP contribution in [0.5, 0.6) is 0 Å². The summed E-state index contributed by atoms with van der Waals surface area (Å²) >= 11 is 1.67. The van der Waals surface area contributed by atoms with Crippen molar-refractivity contribution >= 4 is 23.4 Å². The predicted molar refractivity (Wildman–Crippen MR) is 101 cm³/mol. The van der Waals surface area contributed by atoms with E-state index in [4.69, 9.17) is 4.74 Å². The minimum Gasteiger partial charge on any atom is -0.444 e. The minimum absolute atomic E-state index is 0.158. The summed E-state index contributed by atoms with van der Waals surface area (Å²) in [6, 6.07) is 0.158. The van der Waals surface area contributed by atoms with Gasteiger partial charge in [-0.2, -0.15) is 0 Å². The smallest absolute Gasteiger partial charge is 0.410 e. The molecule has 1 aliphatic rings. The summed E-state index contributed by atoms with van der Waals surface area (Å²) < 4.78 is 5.47. The zero-order valence-electron chi connectivity index (χ0n) is 15.8. The van der Waals surface area contributed by atoms with Crippen LogP contribution in [0, 0.1) is 6.92 Å². The number of hydrogen-bond donors (Lipinski definition) is 2. The largest absolute Gasteiger partial charge is 0.444 e. The molecule has 1 fully saturated rings. The van der Waals surface area contributed by atoms with Crippen LogP contribution < -0.4 is 10.6 Å². The van der Waals surface area contributed by atoms with Gasteiger partial charge in [-0.25, -0.2) is 9.78 Å². The van der Waals surface area contributed by atoms with Gasteiger partial charge in [0.2, 0.25) is 0 Å². The number of amides is 1. The third kappa shape index (κ3) is 6.53. The summed E-state index contributed by atoms with van der Waals surface area (Å²) in [6.07, 6.45) is 3.56. The van der Waals surface area contributed by atoms with Gasteiger partial charge in [0.05, 0.1) is 6.54 Å². The number of likely N-dealkylation sites (tertiary alicyclic amines) is 1. The Labute approximate surface area is 153 Å². The molecule has 0 radical (unpaired) electrons. The van der Waals surface area contributed by atoms with Crippen molar-refractivity contribution in [2.24, 2.45) is 4.99 Å². The van der Waals surface area contributed by atoms with Crippen LogP contribution in [0.4, 0.5) is 4.79 Å². The molecular weight excluding hydrogens is 338 g/mol. The van der Waals surface area contributed by atoms with Crippen LogP contribution in [0.25, 0.3) is 0 Å². The summed E-state index contributed by atoms with van der Waals surface area (Å²) in [6.45, 7) is 9.69. The number of aromatic nitrogens is 1. The van der Waals surface area contributed by atoms with Crippen molar-refractivity contribution < 1.29 is 9.53 Å². The number of piperidine rings is 1. The topological polar surface area (TPSA) is 78.9 Å². The number of aryl methyl sites for hydroxylation is 1. The van der Waals surface area contributed by atoms with Gasteiger partial charge in [-0.3, -0.25) is 4.99 Å². The number of carbonyl (C=O) groups excluding carboxylic acids is 1. The van der Waals surface area contributed by atoms with Gasteiger partial charge < -0.3 is 20.3 Å². The molecule has 1 saturated heterocycles. The highest BCUT2D eigenvalue weighted by atomic mass is 32.1. The van der Waals surface area contributed by atoms with E-state index in [1.54, 1.807) is 23.3 Å². The molecule has 0 aromatic carbocycles. The second-order valence-corrected chi connectivity index (χ2v) is 8.52. The first-order valence-corrected chi connectivity index (χ1v) is 9.45. The molecule has 2 rings (SSSR count). The third-order valence-electron chi connectivity index (χ3n) is 3.71. The fraction of sp³-hybridized carbons (Fsp3) is 0.706. The molecule has 2 heterocycles. The number of guanidine groups is 1. The molecule has 140 valence electrons. The second kappa shape index (κ2) is 8.51. The van der Waals surface area contributed by atoms with E-state index in [9.17, 15) is 4.79 Å². The van der Waals surface area contributed by atoms with Gasteiger partial charge in [0, 0.05) is 37.3 Å². The van der Waals surface area contributed by atoms with Crippen LogP contribution in [0.1, 0.15) is 43.5 Å². The van der Waals surface area contributed by atoms with Crippen molar-refractivity contribution in [3.8, 4) is 0 Å². The van der Waals surface area contributed by atoms with Crippen molar-refractivity contribution in [1.29, 1.82) is 0 Å². The van der Waals surface area contributed by atoms with Gasteiger partial charge in [-0.1, -0.05) is 0 Å². The van der Waals surface area contributed by atoms with Crippen molar-refractivity contribution in [1.82, 2.24) is 20.5 Å². The van der Waals surface area contributed by atoms with Crippen LogP contribution in [0.15, 0.2) is 11.2 Å². The number of nitrogens with one attached hydrogen (secondary N) is 2. The average molecular weight is 368 g/mol. The molecule has 1 amide bonds. The number of thiazole rings is 1. The number of rotatable bonds is 3. The Balaban J connectivity index is 1.84. The quantitative estimate of drug-likeness (QED) is 0.634. The Morgan fingerprint density at radius 2 is 2.28 bits per heavy atom. The molecule has 1 aliphatic heterocycles. The van der Waals surface area contributed by atoms with Crippen molar-refractivity contribution in [2.45, 2.75) is 58.7 Å². The van der Waals surface area contributed by atoms with E-state index in [1.807, 2.05) is 33.9 Å². The summed E-state index contributed by atoms with van der Waals surface area (Å²) in [5.41, 5.74) is -0.471. The lowest BCUT2D eigenvalue weighted by Crippen LogP contribution is -2.53. The molecule has 1 unspecified atom stereocenters. The molecule has 8 heteroatoms. The molecule has 2 N–H and O–H groups in total. The van der Waals surface area contributed by atoms with Crippen LogP contribution in [0.3, 0.4) is 0 Å². The first-order chi connectivity index (χ1) is 11.8. The third-order valence-corrected chi connectivity index (χ3v) is 4.63. The van der Waals surface area contributed by atoms with E-state index in [1.165, 1.54) is 4.88 Å². The minimum atomic E-state index is -0.471. The monoisotopic (exact) mass is 367 g/mol. The van der Waals surface area contributed by atoms with Crippen LogP contribution in [-0.2, 0) is 11.3 Å². The standard InChI is InChI=1S/C17H29N5O2S/c1-12-9-19-14(25-12)10-20-15(18-5)21-13-7-6-8-22(11-13)16(23)24-17(2,3)4/h9,13H,6-8,10-11H2,1-5H3,(H2,18,20,21). The number of carbonyl (C=O) groups is 1. The molecule has 0 spiro atoms.